The lowest BCUT2D eigenvalue weighted by Crippen LogP contribution is -2.13. The van der Waals surface area contributed by atoms with E-state index in [1.54, 1.807) is 6.07 Å². The highest BCUT2D eigenvalue weighted by Gasteiger charge is 2.03. The predicted octanol–water partition coefficient (Wildman–Crippen LogP) is 1.41. The number of H-pyrrole nitrogens is 1. The van der Waals surface area contributed by atoms with Crippen molar-refractivity contribution in [3.63, 3.8) is 0 Å². The van der Waals surface area contributed by atoms with Crippen molar-refractivity contribution in [2.45, 2.75) is 13.3 Å². The van der Waals surface area contributed by atoms with E-state index in [2.05, 4.69) is 27.6 Å². The molecule has 1 heterocycles. The summed E-state index contributed by atoms with van der Waals surface area (Å²) in [5.41, 5.74) is 0.769. The van der Waals surface area contributed by atoms with Gasteiger partial charge in [-0.05, 0) is 35.1 Å². The van der Waals surface area contributed by atoms with E-state index < -0.39 is 0 Å². The number of hydrogen-bond acceptors (Lipinski definition) is 2. The van der Waals surface area contributed by atoms with Gasteiger partial charge in [0, 0.05) is 9.26 Å². The first-order chi connectivity index (χ1) is 5.69. The molecule has 0 aliphatic rings. The van der Waals surface area contributed by atoms with E-state index in [-0.39, 0.29) is 11.1 Å². The molecule has 1 aromatic rings. The van der Waals surface area contributed by atoms with E-state index in [0.29, 0.717) is 0 Å². The van der Waals surface area contributed by atoms with Crippen molar-refractivity contribution >= 4 is 22.6 Å². The summed E-state index contributed by atoms with van der Waals surface area (Å²) in [5.74, 6) is 0. The number of pyridine rings is 1. The van der Waals surface area contributed by atoms with Crippen molar-refractivity contribution in [3.8, 4) is 6.07 Å². The summed E-state index contributed by atoms with van der Waals surface area (Å²) in [6, 6.07) is 3.45. The Morgan fingerprint density at radius 2 is 2.42 bits per heavy atom. The average Bonchev–Trinajstić information content (AvgIpc) is 2.08. The second kappa shape index (κ2) is 3.72. The van der Waals surface area contributed by atoms with E-state index in [1.165, 1.54) is 0 Å². The average molecular weight is 274 g/mol. The van der Waals surface area contributed by atoms with Gasteiger partial charge in [-0.2, -0.15) is 5.26 Å². The van der Waals surface area contributed by atoms with E-state index in [4.69, 9.17) is 5.26 Å². The number of nitrogens with one attached hydrogen (secondary N) is 1. The molecule has 0 unspecified atom stereocenters. The number of nitrogens with zero attached hydrogens (tertiary/aromatic N) is 1. The standard InChI is InChI=1S/C8H7IN2O/c1-2-7-6(9)3-5(4-10)8(12)11-7/h3H,2H2,1H3,(H,11,12). The topological polar surface area (TPSA) is 56.6 Å². The Morgan fingerprint density at radius 3 is 2.92 bits per heavy atom. The third-order valence-electron chi connectivity index (χ3n) is 1.54. The molecule has 0 aromatic carbocycles. The van der Waals surface area contributed by atoms with Crippen molar-refractivity contribution in [2.75, 3.05) is 0 Å². The van der Waals surface area contributed by atoms with E-state index in [1.807, 2.05) is 13.0 Å². The second-order valence-electron chi connectivity index (χ2n) is 2.30. The molecule has 0 bridgehead atoms. The van der Waals surface area contributed by atoms with Gasteiger partial charge in [-0.1, -0.05) is 6.92 Å². The minimum absolute atomic E-state index is 0.177. The van der Waals surface area contributed by atoms with Crippen LogP contribution in [-0.2, 0) is 6.42 Å². The molecule has 0 saturated carbocycles. The summed E-state index contributed by atoms with van der Waals surface area (Å²) in [6.07, 6.45) is 0.777. The van der Waals surface area contributed by atoms with Gasteiger partial charge in [-0.3, -0.25) is 4.79 Å². The Balaban J connectivity index is 3.39. The van der Waals surface area contributed by atoms with Crippen LogP contribution in [0.25, 0.3) is 0 Å². The highest BCUT2D eigenvalue weighted by Crippen LogP contribution is 2.08. The van der Waals surface area contributed by atoms with E-state index in [9.17, 15) is 4.79 Å². The van der Waals surface area contributed by atoms with Crippen LogP contribution in [0.3, 0.4) is 0 Å². The lowest BCUT2D eigenvalue weighted by Gasteiger charge is -1.99. The molecule has 0 radical (unpaired) electrons. The van der Waals surface area contributed by atoms with Gasteiger partial charge >= 0.3 is 0 Å². The number of aromatic nitrogens is 1. The fourth-order valence-corrected chi connectivity index (χ4v) is 1.71. The van der Waals surface area contributed by atoms with Crippen LogP contribution in [0.15, 0.2) is 10.9 Å². The van der Waals surface area contributed by atoms with E-state index in [0.717, 1.165) is 15.7 Å². The Bertz CT molecular complexity index is 389. The first-order valence-electron chi connectivity index (χ1n) is 3.50. The highest BCUT2D eigenvalue weighted by atomic mass is 127. The molecule has 3 nitrogen and oxygen atoms in total. The van der Waals surface area contributed by atoms with Crippen molar-refractivity contribution in [3.05, 3.63) is 31.2 Å². The van der Waals surface area contributed by atoms with Crippen LogP contribution < -0.4 is 5.56 Å². The zero-order chi connectivity index (χ0) is 9.14. The van der Waals surface area contributed by atoms with Crippen LogP contribution in [-0.4, -0.2) is 4.98 Å². The number of aryl methyl sites for hydroxylation is 1. The molecule has 0 spiro atoms. The van der Waals surface area contributed by atoms with Crippen molar-refractivity contribution in [2.24, 2.45) is 0 Å². The van der Waals surface area contributed by atoms with Gasteiger partial charge in [0.2, 0.25) is 0 Å². The fraction of sp³-hybridized carbons (Fsp3) is 0.250. The molecule has 0 amide bonds. The van der Waals surface area contributed by atoms with Crippen LogP contribution >= 0.6 is 22.6 Å². The van der Waals surface area contributed by atoms with Gasteiger partial charge in [0.25, 0.3) is 5.56 Å². The van der Waals surface area contributed by atoms with Crippen LogP contribution in [0, 0.1) is 14.9 Å². The van der Waals surface area contributed by atoms with Gasteiger partial charge in [0.05, 0.1) is 0 Å². The first kappa shape index (κ1) is 9.26. The molecule has 1 aromatic heterocycles. The van der Waals surface area contributed by atoms with Crippen LogP contribution in [0.4, 0.5) is 0 Å². The molecule has 0 aliphatic carbocycles. The zero-order valence-corrected chi connectivity index (χ0v) is 8.68. The third kappa shape index (κ3) is 1.67. The van der Waals surface area contributed by atoms with Crippen molar-refractivity contribution in [1.29, 1.82) is 5.26 Å². The van der Waals surface area contributed by atoms with E-state index >= 15 is 0 Å². The number of nitriles is 1. The Hall–Kier alpha value is -0.830. The Kier molecular flexibility index (Phi) is 2.87. The summed E-state index contributed by atoms with van der Waals surface area (Å²) in [4.78, 5) is 13.8. The number of aromatic amines is 1. The maximum Gasteiger partial charge on any atom is 0.266 e. The summed E-state index contributed by atoms with van der Waals surface area (Å²) >= 11 is 2.10. The summed E-state index contributed by atoms with van der Waals surface area (Å²) in [7, 11) is 0. The molecule has 1 N–H and O–H groups in total. The third-order valence-corrected chi connectivity index (χ3v) is 2.50. The fourth-order valence-electron chi connectivity index (χ4n) is 0.884. The summed E-state index contributed by atoms with van der Waals surface area (Å²) in [6.45, 7) is 1.96. The Labute approximate surface area is 83.6 Å². The van der Waals surface area contributed by atoms with Crippen molar-refractivity contribution < 1.29 is 0 Å². The molecular weight excluding hydrogens is 267 g/mol. The minimum Gasteiger partial charge on any atom is -0.324 e. The number of rotatable bonds is 1. The lowest BCUT2D eigenvalue weighted by atomic mass is 10.2. The van der Waals surface area contributed by atoms with Crippen molar-refractivity contribution in [1.82, 2.24) is 4.98 Å². The smallest absolute Gasteiger partial charge is 0.266 e. The van der Waals surface area contributed by atoms with Gasteiger partial charge < -0.3 is 4.98 Å². The molecule has 62 valence electrons. The first-order valence-corrected chi connectivity index (χ1v) is 4.58. The minimum atomic E-state index is -0.297. The van der Waals surface area contributed by atoms with Crippen LogP contribution in [0.1, 0.15) is 18.2 Å². The van der Waals surface area contributed by atoms with Crippen LogP contribution in [0.5, 0.6) is 0 Å². The quantitative estimate of drug-likeness (QED) is 0.787. The lowest BCUT2D eigenvalue weighted by molar-refractivity contribution is 0.993. The number of hydrogen-bond donors (Lipinski definition) is 1. The maximum atomic E-state index is 11.1. The second-order valence-corrected chi connectivity index (χ2v) is 3.47. The normalized spacial score (nSPS) is 9.42. The van der Waals surface area contributed by atoms with Gasteiger partial charge in [0.15, 0.2) is 0 Å². The zero-order valence-electron chi connectivity index (χ0n) is 6.52. The molecule has 4 heteroatoms. The van der Waals surface area contributed by atoms with Gasteiger partial charge in [-0.25, -0.2) is 0 Å². The SMILES string of the molecule is CCc1[nH]c(=O)c(C#N)cc1I. The maximum absolute atomic E-state index is 11.1. The van der Waals surface area contributed by atoms with Crippen LogP contribution in [0.2, 0.25) is 0 Å². The molecule has 12 heavy (non-hydrogen) atoms. The molecule has 0 aliphatic heterocycles. The molecule has 0 atom stereocenters. The predicted molar refractivity (Wildman–Crippen MR) is 53.9 cm³/mol. The molecule has 0 fully saturated rings. The summed E-state index contributed by atoms with van der Waals surface area (Å²) in [5, 5.41) is 8.53. The van der Waals surface area contributed by atoms with Gasteiger partial charge in [-0.15, -0.1) is 0 Å². The monoisotopic (exact) mass is 274 g/mol. The number of halogens is 1. The Morgan fingerprint density at radius 1 is 1.75 bits per heavy atom. The molecular formula is C8H7IN2O. The summed E-state index contributed by atoms with van der Waals surface area (Å²) < 4.78 is 0.936. The molecule has 0 saturated heterocycles. The van der Waals surface area contributed by atoms with Gasteiger partial charge in [0.1, 0.15) is 11.6 Å². The molecule has 1 rings (SSSR count). The largest absolute Gasteiger partial charge is 0.324 e. The highest BCUT2D eigenvalue weighted by molar-refractivity contribution is 14.1.